The molecule has 108 valence electrons. The topological polar surface area (TPSA) is 42.3 Å². The lowest BCUT2D eigenvalue weighted by atomic mass is 10.0. The van der Waals surface area contributed by atoms with Crippen LogP contribution in [0.4, 0.5) is 0 Å². The fraction of sp³-hybridized carbons (Fsp3) is 0.786. The van der Waals surface area contributed by atoms with Crippen LogP contribution in [0.15, 0.2) is 12.5 Å². The maximum Gasteiger partial charge on any atom is 0.0949 e. The van der Waals surface area contributed by atoms with E-state index in [0.29, 0.717) is 0 Å². The second kappa shape index (κ2) is 6.03. The van der Waals surface area contributed by atoms with E-state index in [-0.39, 0.29) is 11.6 Å². The third kappa shape index (κ3) is 3.35. The molecule has 1 N–H and O–H groups in total. The van der Waals surface area contributed by atoms with Crippen molar-refractivity contribution in [3.63, 3.8) is 0 Å². The van der Waals surface area contributed by atoms with Gasteiger partial charge in [-0.25, -0.2) is 4.98 Å². The highest BCUT2D eigenvalue weighted by molar-refractivity contribution is 5.11. The van der Waals surface area contributed by atoms with Crippen molar-refractivity contribution in [1.82, 2.24) is 19.8 Å². The van der Waals surface area contributed by atoms with Gasteiger partial charge in [-0.1, -0.05) is 6.92 Å². The quantitative estimate of drug-likeness (QED) is 0.865. The first-order valence-electron chi connectivity index (χ1n) is 7.10. The Morgan fingerprint density at radius 3 is 3.00 bits per heavy atom. The van der Waals surface area contributed by atoms with Gasteiger partial charge in [0.15, 0.2) is 0 Å². The molecule has 1 unspecified atom stereocenters. The van der Waals surface area contributed by atoms with Crippen LogP contribution in [0.1, 0.15) is 26.5 Å². The summed E-state index contributed by atoms with van der Waals surface area (Å²) in [6, 6.07) is 0. The van der Waals surface area contributed by atoms with E-state index in [1.165, 1.54) is 5.69 Å². The Labute approximate surface area is 116 Å². The molecule has 5 nitrogen and oxygen atoms in total. The van der Waals surface area contributed by atoms with Gasteiger partial charge in [0.1, 0.15) is 0 Å². The van der Waals surface area contributed by atoms with Crippen LogP contribution in [-0.2, 0) is 16.8 Å². The maximum absolute atomic E-state index is 5.87. The summed E-state index contributed by atoms with van der Waals surface area (Å²) in [6.07, 6.45) is 4.11. The molecule has 1 atom stereocenters. The van der Waals surface area contributed by atoms with Gasteiger partial charge >= 0.3 is 0 Å². The van der Waals surface area contributed by atoms with E-state index in [9.17, 15) is 0 Å². The number of aromatic nitrogens is 2. The zero-order valence-electron chi connectivity index (χ0n) is 12.5. The van der Waals surface area contributed by atoms with E-state index in [1.54, 1.807) is 0 Å². The van der Waals surface area contributed by atoms with Gasteiger partial charge in [-0.05, 0) is 27.4 Å². The van der Waals surface area contributed by atoms with Crippen molar-refractivity contribution in [3.05, 3.63) is 18.2 Å². The van der Waals surface area contributed by atoms with Crippen LogP contribution in [-0.4, -0.2) is 53.8 Å². The predicted octanol–water partition coefficient (Wildman–Crippen LogP) is 1.06. The number of hydrogen-bond acceptors (Lipinski definition) is 4. The van der Waals surface area contributed by atoms with Crippen LogP contribution < -0.4 is 5.32 Å². The Morgan fingerprint density at radius 2 is 2.32 bits per heavy atom. The summed E-state index contributed by atoms with van der Waals surface area (Å²) in [5.74, 6) is 0. The number of morpholine rings is 1. The summed E-state index contributed by atoms with van der Waals surface area (Å²) >= 11 is 0. The summed E-state index contributed by atoms with van der Waals surface area (Å²) in [6.45, 7) is 11.4. The Balaban J connectivity index is 2.05. The van der Waals surface area contributed by atoms with Crippen molar-refractivity contribution in [2.45, 2.75) is 39.0 Å². The molecule has 1 aliphatic rings. The molecule has 0 amide bonds. The second-order valence-corrected chi connectivity index (χ2v) is 5.69. The Morgan fingerprint density at radius 1 is 1.53 bits per heavy atom. The number of imidazole rings is 1. The average Bonchev–Trinajstić information content (AvgIpc) is 2.88. The highest BCUT2D eigenvalue weighted by atomic mass is 16.5. The summed E-state index contributed by atoms with van der Waals surface area (Å²) in [7, 11) is 1.98. The van der Waals surface area contributed by atoms with E-state index in [0.717, 1.165) is 32.8 Å². The molecule has 0 saturated carbocycles. The van der Waals surface area contributed by atoms with Crippen LogP contribution in [0, 0.1) is 0 Å². The first-order chi connectivity index (χ1) is 9.06. The SMILES string of the molecule is CCN1CCOC(Cn2cncc2C(C)(C)NC)C1. The van der Waals surface area contributed by atoms with E-state index < -0.39 is 0 Å². The Bertz CT molecular complexity index is 402. The molecule has 0 radical (unpaired) electrons. The van der Waals surface area contributed by atoms with Crippen molar-refractivity contribution in [2.24, 2.45) is 0 Å². The molecule has 0 spiro atoms. The molecule has 1 saturated heterocycles. The maximum atomic E-state index is 5.87. The van der Waals surface area contributed by atoms with Crippen LogP contribution >= 0.6 is 0 Å². The second-order valence-electron chi connectivity index (χ2n) is 5.69. The van der Waals surface area contributed by atoms with Crippen LogP contribution in [0.3, 0.4) is 0 Å². The number of nitrogens with one attached hydrogen (secondary N) is 1. The number of ether oxygens (including phenoxy) is 1. The molecule has 5 heteroatoms. The van der Waals surface area contributed by atoms with Gasteiger partial charge in [-0.3, -0.25) is 4.90 Å². The highest BCUT2D eigenvalue weighted by Gasteiger charge is 2.25. The minimum atomic E-state index is -0.0738. The summed E-state index contributed by atoms with van der Waals surface area (Å²) < 4.78 is 8.08. The van der Waals surface area contributed by atoms with Crippen molar-refractivity contribution in [1.29, 1.82) is 0 Å². The average molecular weight is 266 g/mol. The Hall–Kier alpha value is -0.910. The standard InChI is InChI=1S/C14H26N4O/c1-5-17-6-7-19-12(9-17)10-18-11-16-8-13(18)14(2,3)15-4/h8,11-12,15H,5-7,9-10H2,1-4H3. The van der Waals surface area contributed by atoms with Crippen LogP contribution in [0.25, 0.3) is 0 Å². The molecule has 1 aliphatic heterocycles. The van der Waals surface area contributed by atoms with E-state index in [4.69, 9.17) is 4.74 Å². The van der Waals surface area contributed by atoms with Crippen molar-refractivity contribution >= 4 is 0 Å². The first kappa shape index (κ1) is 14.5. The fourth-order valence-electron chi connectivity index (χ4n) is 2.51. The molecule has 0 aromatic carbocycles. The molecule has 0 aliphatic carbocycles. The number of likely N-dealkylation sites (N-methyl/N-ethyl adjacent to an activating group) is 1. The van der Waals surface area contributed by atoms with Crippen molar-refractivity contribution in [3.8, 4) is 0 Å². The zero-order valence-corrected chi connectivity index (χ0v) is 12.5. The van der Waals surface area contributed by atoms with Crippen LogP contribution in [0.2, 0.25) is 0 Å². The molecule has 1 aromatic rings. The van der Waals surface area contributed by atoms with Gasteiger partial charge in [-0.15, -0.1) is 0 Å². The predicted molar refractivity (Wildman–Crippen MR) is 76.2 cm³/mol. The molecular formula is C14H26N4O. The molecule has 2 heterocycles. The molecule has 2 rings (SSSR count). The number of nitrogens with zero attached hydrogens (tertiary/aromatic N) is 3. The lowest BCUT2D eigenvalue weighted by Gasteiger charge is -2.33. The van der Waals surface area contributed by atoms with Crippen LogP contribution in [0.5, 0.6) is 0 Å². The number of rotatable bonds is 5. The molecular weight excluding hydrogens is 240 g/mol. The first-order valence-corrected chi connectivity index (χ1v) is 7.10. The molecule has 1 aromatic heterocycles. The van der Waals surface area contributed by atoms with Gasteiger partial charge in [0.05, 0.1) is 36.8 Å². The van der Waals surface area contributed by atoms with E-state index in [2.05, 4.69) is 40.5 Å². The third-order valence-corrected chi connectivity index (χ3v) is 4.05. The summed E-state index contributed by atoms with van der Waals surface area (Å²) in [5.41, 5.74) is 1.13. The largest absolute Gasteiger partial charge is 0.374 e. The Kier molecular flexibility index (Phi) is 4.60. The normalized spacial score (nSPS) is 21.8. The van der Waals surface area contributed by atoms with E-state index in [1.807, 2.05) is 19.6 Å². The molecule has 1 fully saturated rings. The van der Waals surface area contributed by atoms with Gasteiger partial charge in [0, 0.05) is 19.3 Å². The van der Waals surface area contributed by atoms with Crippen molar-refractivity contribution in [2.75, 3.05) is 33.3 Å². The van der Waals surface area contributed by atoms with Gasteiger partial charge < -0.3 is 14.6 Å². The molecule has 19 heavy (non-hydrogen) atoms. The summed E-state index contributed by atoms with van der Waals surface area (Å²) in [5, 5.41) is 3.33. The van der Waals surface area contributed by atoms with Crippen molar-refractivity contribution < 1.29 is 4.74 Å². The minimum Gasteiger partial charge on any atom is -0.374 e. The smallest absolute Gasteiger partial charge is 0.0949 e. The minimum absolute atomic E-state index is 0.0738. The van der Waals surface area contributed by atoms with Gasteiger partial charge in [0.25, 0.3) is 0 Å². The van der Waals surface area contributed by atoms with Gasteiger partial charge in [0.2, 0.25) is 0 Å². The highest BCUT2D eigenvalue weighted by Crippen LogP contribution is 2.20. The lowest BCUT2D eigenvalue weighted by Crippen LogP contribution is -2.44. The third-order valence-electron chi connectivity index (χ3n) is 4.05. The molecule has 0 bridgehead atoms. The lowest BCUT2D eigenvalue weighted by molar-refractivity contribution is -0.0349. The monoisotopic (exact) mass is 266 g/mol. The number of hydrogen-bond donors (Lipinski definition) is 1. The zero-order chi connectivity index (χ0) is 13.9. The summed E-state index contributed by atoms with van der Waals surface area (Å²) in [4.78, 5) is 6.73. The fourth-order valence-corrected chi connectivity index (χ4v) is 2.51. The van der Waals surface area contributed by atoms with Gasteiger partial charge in [-0.2, -0.15) is 0 Å². The van der Waals surface area contributed by atoms with E-state index >= 15 is 0 Å².